The summed E-state index contributed by atoms with van der Waals surface area (Å²) in [5.74, 6) is -0.677. The Bertz CT molecular complexity index is 783. The molecule has 0 aromatic heterocycles. The third kappa shape index (κ3) is 2.85. The molecule has 0 aliphatic heterocycles. The monoisotopic (exact) mass is 306 g/mol. The molecule has 0 bridgehead atoms. The Morgan fingerprint density at radius 2 is 1.81 bits per heavy atom. The molecule has 0 saturated carbocycles. The molecule has 0 saturated heterocycles. The summed E-state index contributed by atoms with van der Waals surface area (Å²) in [5, 5.41) is 0. The molecule has 4 nitrogen and oxygen atoms in total. The Morgan fingerprint density at radius 1 is 1.05 bits per heavy atom. The van der Waals surface area contributed by atoms with Crippen LogP contribution in [0.4, 0.5) is 15.8 Å². The minimum atomic E-state index is -3.85. The van der Waals surface area contributed by atoms with Crippen molar-refractivity contribution < 1.29 is 12.8 Å². The lowest BCUT2D eigenvalue weighted by Gasteiger charge is -2.10. The number of nitrogen functional groups attached to an aromatic ring is 1. The average Bonchev–Trinajstić information content (AvgIpc) is 2.84. The fourth-order valence-corrected chi connectivity index (χ4v) is 3.70. The van der Waals surface area contributed by atoms with Crippen molar-refractivity contribution in [3.05, 3.63) is 53.3 Å². The zero-order chi connectivity index (χ0) is 15.0. The third-order valence-electron chi connectivity index (χ3n) is 3.55. The van der Waals surface area contributed by atoms with Crippen molar-refractivity contribution in [2.75, 3.05) is 10.5 Å². The van der Waals surface area contributed by atoms with E-state index in [2.05, 4.69) is 4.72 Å². The van der Waals surface area contributed by atoms with Crippen LogP contribution in [-0.4, -0.2) is 8.42 Å². The minimum Gasteiger partial charge on any atom is -0.399 e. The lowest BCUT2D eigenvalue weighted by molar-refractivity contribution is 0.595. The molecule has 0 fully saturated rings. The lowest BCUT2D eigenvalue weighted by atomic mass is 10.1. The quantitative estimate of drug-likeness (QED) is 0.856. The number of benzene rings is 2. The van der Waals surface area contributed by atoms with Gasteiger partial charge in [-0.15, -0.1) is 0 Å². The van der Waals surface area contributed by atoms with Gasteiger partial charge >= 0.3 is 0 Å². The van der Waals surface area contributed by atoms with Crippen LogP contribution in [0, 0.1) is 5.82 Å². The normalized spacial score (nSPS) is 14.0. The fourth-order valence-electron chi connectivity index (χ4n) is 2.59. The maximum Gasteiger partial charge on any atom is 0.262 e. The van der Waals surface area contributed by atoms with E-state index in [1.165, 1.54) is 11.6 Å². The summed E-state index contributed by atoms with van der Waals surface area (Å²) in [6, 6.07) is 8.76. The number of sulfonamides is 1. The molecule has 6 heteroatoms. The van der Waals surface area contributed by atoms with Crippen LogP contribution >= 0.6 is 0 Å². The van der Waals surface area contributed by atoms with Crippen molar-refractivity contribution in [2.45, 2.75) is 24.2 Å². The Morgan fingerprint density at radius 3 is 2.57 bits per heavy atom. The summed E-state index contributed by atoms with van der Waals surface area (Å²) in [5.41, 5.74) is 8.47. The van der Waals surface area contributed by atoms with Crippen molar-refractivity contribution in [2.24, 2.45) is 0 Å². The molecule has 0 heterocycles. The van der Waals surface area contributed by atoms with Crippen LogP contribution in [0.5, 0.6) is 0 Å². The largest absolute Gasteiger partial charge is 0.399 e. The van der Waals surface area contributed by atoms with Gasteiger partial charge in [0, 0.05) is 11.4 Å². The summed E-state index contributed by atoms with van der Waals surface area (Å²) in [6.07, 6.45) is 3.08. The number of rotatable bonds is 3. The van der Waals surface area contributed by atoms with Crippen LogP contribution in [0.15, 0.2) is 41.3 Å². The number of halogens is 1. The van der Waals surface area contributed by atoms with Gasteiger partial charge < -0.3 is 5.73 Å². The molecular formula is C15H15FN2O2S. The fraction of sp³-hybridized carbons (Fsp3) is 0.200. The highest BCUT2D eigenvalue weighted by atomic mass is 32.2. The minimum absolute atomic E-state index is 0.0735. The molecule has 0 radical (unpaired) electrons. The summed E-state index contributed by atoms with van der Waals surface area (Å²) in [6.45, 7) is 0. The molecule has 21 heavy (non-hydrogen) atoms. The number of hydrogen-bond donors (Lipinski definition) is 2. The van der Waals surface area contributed by atoms with E-state index in [9.17, 15) is 12.8 Å². The van der Waals surface area contributed by atoms with Gasteiger partial charge in [0.25, 0.3) is 10.0 Å². The van der Waals surface area contributed by atoms with Crippen LogP contribution < -0.4 is 10.5 Å². The smallest absolute Gasteiger partial charge is 0.262 e. The van der Waals surface area contributed by atoms with Gasteiger partial charge in [0.2, 0.25) is 0 Å². The van der Waals surface area contributed by atoms with Gasteiger partial charge in [-0.2, -0.15) is 0 Å². The number of hydrogen-bond acceptors (Lipinski definition) is 3. The number of anilines is 2. The predicted molar refractivity (Wildman–Crippen MR) is 80.1 cm³/mol. The van der Waals surface area contributed by atoms with Gasteiger partial charge in [-0.25, -0.2) is 12.8 Å². The maximum atomic E-state index is 13.3. The number of nitrogens with two attached hydrogens (primary N) is 1. The summed E-state index contributed by atoms with van der Waals surface area (Å²) in [4.78, 5) is -0.180. The highest BCUT2D eigenvalue weighted by molar-refractivity contribution is 7.92. The molecule has 1 aliphatic carbocycles. The molecule has 3 N–H and O–H groups in total. The first-order valence-corrected chi connectivity index (χ1v) is 8.13. The predicted octanol–water partition coefficient (Wildman–Crippen LogP) is 2.70. The van der Waals surface area contributed by atoms with Crippen molar-refractivity contribution in [3.8, 4) is 0 Å². The van der Waals surface area contributed by atoms with E-state index in [0.717, 1.165) is 37.0 Å². The SMILES string of the molecule is Nc1cc(F)cc(S(=O)(=O)Nc2ccc3c(c2)CCC3)c1. The maximum absolute atomic E-state index is 13.3. The van der Waals surface area contributed by atoms with Crippen molar-refractivity contribution in [1.29, 1.82) is 0 Å². The van der Waals surface area contributed by atoms with E-state index in [4.69, 9.17) is 5.73 Å². The molecule has 3 rings (SSSR count). The Kier molecular flexibility index (Phi) is 3.33. The zero-order valence-corrected chi connectivity index (χ0v) is 12.1. The lowest BCUT2D eigenvalue weighted by Crippen LogP contribution is -2.13. The second kappa shape index (κ2) is 5.04. The van der Waals surface area contributed by atoms with Gasteiger partial charge in [-0.1, -0.05) is 6.07 Å². The van der Waals surface area contributed by atoms with Crippen molar-refractivity contribution >= 4 is 21.4 Å². The summed E-state index contributed by atoms with van der Waals surface area (Å²) >= 11 is 0. The number of fused-ring (bicyclic) bond motifs is 1. The van der Waals surface area contributed by atoms with Crippen LogP contribution in [-0.2, 0) is 22.9 Å². The van der Waals surface area contributed by atoms with Gasteiger partial charge in [-0.05, 0) is 60.7 Å². The first kappa shape index (κ1) is 13.9. The van der Waals surface area contributed by atoms with Gasteiger partial charge in [0.05, 0.1) is 4.90 Å². The highest BCUT2D eigenvalue weighted by Crippen LogP contribution is 2.26. The van der Waals surface area contributed by atoms with E-state index in [1.807, 2.05) is 12.1 Å². The van der Waals surface area contributed by atoms with Crippen LogP contribution in [0.25, 0.3) is 0 Å². The number of nitrogens with one attached hydrogen (secondary N) is 1. The Hall–Kier alpha value is -2.08. The Balaban J connectivity index is 1.92. The van der Waals surface area contributed by atoms with E-state index >= 15 is 0 Å². The van der Waals surface area contributed by atoms with Gasteiger partial charge in [0.15, 0.2) is 0 Å². The molecule has 0 unspecified atom stereocenters. The number of aryl methyl sites for hydroxylation is 2. The molecule has 0 spiro atoms. The topological polar surface area (TPSA) is 72.2 Å². The third-order valence-corrected chi connectivity index (χ3v) is 4.92. The molecule has 110 valence electrons. The van der Waals surface area contributed by atoms with Crippen molar-refractivity contribution in [1.82, 2.24) is 0 Å². The van der Waals surface area contributed by atoms with Crippen LogP contribution in [0.2, 0.25) is 0 Å². The van der Waals surface area contributed by atoms with E-state index in [-0.39, 0.29) is 10.6 Å². The first-order valence-electron chi connectivity index (χ1n) is 6.65. The Labute approximate surface area is 122 Å². The van der Waals surface area contributed by atoms with E-state index in [0.29, 0.717) is 5.69 Å². The highest BCUT2D eigenvalue weighted by Gasteiger charge is 2.17. The van der Waals surface area contributed by atoms with E-state index < -0.39 is 15.8 Å². The van der Waals surface area contributed by atoms with Crippen LogP contribution in [0.1, 0.15) is 17.5 Å². The van der Waals surface area contributed by atoms with Gasteiger partial charge in [0.1, 0.15) is 5.82 Å². The molecule has 0 atom stereocenters. The summed E-state index contributed by atoms with van der Waals surface area (Å²) in [7, 11) is -3.85. The standard InChI is InChI=1S/C15H15FN2O2S/c16-12-7-13(17)9-15(8-12)21(19,20)18-14-5-4-10-2-1-3-11(10)6-14/h4-9,18H,1-3,17H2. The molecule has 0 amide bonds. The molecule has 2 aromatic carbocycles. The molecule has 1 aliphatic rings. The van der Waals surface area contributed by atoms with E-state index in [1.54, 1.807) is 6.07 Å². The zero-order valence-electron chi connectivity index (χ0n) is 11.3. The van der Waals surface area contributed by atoms with Gasteiger partial charge in [-0.3, -0.25) is 4.72 Å². The molecular weight excluding hydrogens is 291 g/mol. The molecule has 2 aromatic rings. The van der Waals surface area contributed by atoms with Crippen LogP contribution in [0.3, 0.4) is 0 Å². The van der Waals surface area contributed by atoms with Crippen molar-refractivity contribution in [3.63, 3.8) is 0 Å². The first-order chi connectivity index (χ1) is 9.94. The second-order valence-electron chi connectivity index (χ2n) is 5.16. The average molecular weight is 306 g/mol. The summed E-state index contributed by atoms with van der Waals surface area (Å²) < 4.78 is 40.3. The second-order valence-corrected chi connectivity index (χ2v) is 6.85.